The first-order valence-electron chi connectivity index (χ1n) is 15.3. The Morgan fingerprint density at radius 2 is 0.638 bits per heavy atom. The molecule has 7 rings (SSSR count). The van der Waals surface area contributed by atoms with E-state index in [0.29, 0.717) is 17.2 Å². The molecule has 230 valence electrons. The van der Waals surface area contributed by atoms with Gasteiger partial charge in [0.1, 0.15) is 17.2 Å². The van der Waals surface area contributed by atoms with Crippen LogP contribution in [-0.2, 0) is 0 Å². The van der Waals surface area contributed by atoms with Crippen molar-refractivity contribution >= 4 is 23.1 Å². The third kappa shape index (κ3) is 8.75. The number of para-hydroxylation sites is 3. The Morgan fingerprint density at radius 3 is 1.02 bits per heavy atom. The molecule has 0 aliphatic heterocycles. The van der Waals surface area contributed by atoms with Crippen LogP contribution in [0.25, 0.3) is 33.4 Å². The first-order valence-corrected chi connectivity index (χ1v) is 17.0. The second-order valence-electron chi connectivity index (χ2n) is 10.5. The smallest absolute Gasteiger partial charge is 0.409 e. The quantitative estimate of drug-likeness (QED) is 0.146. The van der Waals surface area contributed by atoms with Crippen LogP contribution in [0.5, 0.6) is 17.2 Å². The highest BCUT2D eigenvalue weighted by atomic mass is 31.2. The largest absolute Gasteiger partial charge is 0.530 e. The molecule has 0 aliphatic rings. The van der Waals surface area contributed by atoms with Crippen molar-refractivity contribution in [3.8, 4) is 50.6 Å². The molecular weight excluding hydrogens is 614 g/mol. The van der Waals surface area contributed by atoms with Crippen LogP contribution in [0.3, 0.4) is 0 Å². The molecule has 0 spiro atoms. The fraction of sp³-hybridized carbons (Fsp3) is 0. The van der Waals surface area contributed by atoms with Crippen LogP contribution in [0.2, 0.25) is 0 Å². The normalized spacial score (nSPS) is 10.4. The van der Waals surface area contributed by atoms with E-state index in [-0.39, 0.29) is 0 Å². The summed E-state index contributed by atoms with van der Waals surface area (Å²) in [7, 11) is 1.32. The van der Waals surface area contributed by atoms with E-state index >= 15 is 0 Å². The predicted octanol–water partition coefficient (Wildman–Crippen LogP) is 11.6. The standard InChI is InChI=1S/C24H19P.C18H15O3P/c25-22-17-16-21(18-10-4-1-5-11-18)23(19-12-6-2-7-13-19)24(22)20-14-8-3-9-15-20;1-4-10-16(11-5-1)19-22(20-17-12-6-2-7-13-17)21-18-14-8-3-9-15-18/h1-17H,25H2;1-15H. The molecule has 1 unspecified atom stereocenters. The van der Waals surface area contributed by atoms with E-state index in [1.165, 1.54) is 38.7 Å². The third-order valence-electron chi connectivity index (χ3n) is 7.22. The Kier molecular flexibility index (Phi) is 11.1. The van der Waals surface area contributed by atoms with Gasteiger partial charge < -0.3 is 13.6 Å². The summed E-state index contributed by atoms with van der Waals surface area (Å²) in [5.74, 6) is 2.13. The van der Waals surface area contributed by atoms with E-state index in [1.807, 2.05) is 91.0 Å². The molecule has 1 atom stereocenters. The molecule has 0 fully saturated rings. The SMILES string of the molecule is Pc1ccc(-c2ccccc2)c(-c2ccccc2)c1-c1ccccc1.c1ccc(OP(Oc2ccccc2)Oc2ccccc2)cc1. The lowest BCUT2D eigenvalue weighted by molar-refractivity contribution is 0.388. The Labute approximate surface area is 280 Å². The van der Waals surface area contributed by atoms with Gasteiger partial charge in [-0.3, -0.25) is 0 Å². The van der Waals surface area contributed by atoms with Crippen molar-refractivity contribution in [3.05, 3.63) is 194 Å². The molecule has 0 radical (unpaired) electrons. The molecule has 0 heterocycles. The topological polar surface area (TPSA) is 27.7 Å². The molecule has 0 N–H and O–H groups in total. The van der Waals surface area contributed by atoms with Gasteiger partial charge in [-0.2, -0.15) is 0 Å². The fourth-order valence-corrected chi connectivity index (χ4v) is 6.46. The average molecular weight is 649 g/mol. The number of rotatable bonds is 9. The zero-order valence-electron chi connectivity index (χ0n) is 25.7. The van der Waals surface area contributed by atoms with Gasteiger partial charge in [0.2, 0.25) is 0 Å². The maximum absolute atomic E-state index is 5.84. The van der Waals surface area contributed by atoms with E-state index in [0.717, 1.165) is 0 Å². The summed E-state index contributed by atoms with van der Waals surface area (Å²) in [6.45, 7) is 0. The monoisotopic (exact) mass is 648 g/mol. The van der Waals surface area contributed by atoms with Gasteiger partial charge in [-0.25, -0.2) is 0 Å². The molecule has 3 nitrogen and oxygen atoms in total. The van der Waals surface area contributed by atoms with Gasteiger partial charge in [-0.05, 0) is 75.1 Å². The fourth-order valence-electron chi connectivity index (χ4n) is 5.06. The van der Waals surface area contributed by atoms with Crippen LogP contribution in [-0.4, -0.2) is 0 Å². The van der Waals surface area contributed by atoms with Crippen molar-refractivity contribution < 1.29 is 13.6 Å². The molecule has 0 aromatic heterocycles. The second kappa shape index (κ2) is 16.4. The first kappa shape index (κ1) is 31.8. The maximum atomic E-state index is 5.84. The van der Waals surface area contributed by atoms with Gasteiger partial charge in [0.15, 0.2) is 0 Å². The summed E-state index contributed by atoms with van der Waals surface area (Å²) >= 11 is 0. The number of benzene rings is 7. The van der Waals surface area contributed by atoms with Gasteiger partial charge >= 0.3 is 8.60 Å². The summed E-state index contributed by atoms with van der Waals surface area (Å²) in [6, 6.07) is 64.9. The zero-order valence-corrected chi connectivity index (χ0v) is 27.8. The molecule has 0 saturated carbocycles. The van der Waals surface area contributed by atoms with Crippen molar-refractivity contribution in [2.75, 3.05) is 0 Å². The molecule has 5 heteroatoms. The van der Waals surface area contributed by atoms with Crippen molar-refractivity contribution in [3.63, 3.8) is 0 Å². The van der Waals surface area contributed by atoms with E-state index in [9.17, 15) is 0 Å². The van der Waals surface area contributed by atoms with Crippen LogP contribution in [0, 0.1) is 0 Å². The predicted molar refractivity (Wildman–Crippen MR) is 200 cm³/mol. The Balaban J connectivity index is 0.000000166. The Morgan fingerprint density at radius 1 is 0.319 bits per heavy atom. The van der Waals surface area contributed by atoms with E-state index < -0.39 is 8.60 Å². The van der Waals surface area contributed by atoms with Crippen LogP contribution in [0.15, 0.2) is 194 Å². The van der Waals surface area contributed by atoms with Crippen molar-refractivity contribution in [2.45, 2.75) is 0 Å². The van der Waals surface area contributed by atoms with Crippen molar-refractivity contribution in [1.29, 1.82) is 0 Å². The maximum Gasteiger partial charge on any atom is 0.530 e. The number of hydrogen-bond acceptors (Lipinski definition) is 3. The molecule has 7 aromatic rings. The van der Waals surface area contributed by atoms with Gasteiger partial charge in [-0.1, -0.05) is 158 Å². The lowest BCUT2D eigenvalue weighted by atomic mass is 9.87. The molecule has 7 aromatic carbocycles. The highest BCUT2D eigenvalue weighted by molar-refractivity contribution is 7.43. The summed E-state index contributed by atoms with van der Waals surface area (Å²) in [5, 5.41) is 1.21. The third-order valence-corrected chi connectivity index (χ3v) is 8.78. The van der Waals surface area contributed by atoms with Crippen LogP contribution in [0.4, 0.5) is 0 Å². The molecule has 0 bridgehead atoms. The van der Waals surface area contributed by atoms with Crippen molar-refractivity contribution in [1.82, 2.24) is 0 Å². The zero-order chi connectivity index (χ0) is 32.1. The lowest BCUT2D eigenvalue weighted by Crippen LogP contribution is -2.02. The molecule has 0 amide bonds. The van der Waals surface area contributed by atoms with Gasteiger partial charge in [0.25, 0.3) is 0 Å². The lowest BCUT2D eigenvalue weighted by Gasteiger charge is -2.18. The van der Waals surface area contributed by atoms with E-state index in [4.69, 9.17) is 13.6 Å². The minimum absolute atomic E-state index is 0.709. The summed E-state index contributed by atoms with van der Waals surface area (Å²) in [5.41, 5.74) is 7.54. The molecule has 47 heavy (non-hydrogen) atoms. The highest BCUT2D eigenvalue weighted by Gasteiger charge is 2.19. The summed E-state index contributed by atoms with van der Waals surface area (Å²) in [4.78, 5) is 0. The van der Waals surface area contributed by atoms with Crippen LogP contribution >= 0.6 is 17.8 Å². The van der Waals surface area contributed by atoms with Gasteiger partial charge in [-0.15, -0.1) is 9.24 Å². The van der Waals surface area contributed by atoms with Crippen LogP contribution in [0.1, 0.15) is 0 Å². The molecular formula is C42H34O3P2. The van der Waals surface area contributed by atoms with Crippen LogP contribution < -0.4 is 18.9 Å². The Bertz CT molecular complexity index is 1840. The van der Waals surface area contributed by atoms with Crippen molar-refractivity contribution in [2.24, 2.45) is 0 Å². The molecule has 0 aliphatic carbocycles. The average Bonchev–Trinajstić information content (AvgIpc) is 3.14. The van der Waals surface area contributed by atoms with Gasteiger partial charge in [0.05, 0.1) is 0 Å². The summed E-state index contributed by atoms with van der Waals surface area (Å²) < 4.78 is 17.5. The molecule has 0 saturated heterocycles. The van der Waals surface area contributed by atoms with E-state index in [2.05, 4.69) is 112 Å². The minimum atomic E-state index is -1.59. The Hall–Kier alpha value is -5.20. The summed E-state index contributed by atoms with van der Waals surface area (Å²) in [6.07, 6.45) is 0. The van der Waals surface area contributed by atoms with E-state index in [1.54, 1.807) is 0 Å². The minimum Gasteiger partial charge on any atom is -0.409 e. The first-order chi connectivity index (χ1) is 23.2. The van der Waals surface area contributed by atoms with Gasteiger partial charge in [0, 0.05) is 0 Å². The number of hydrogen-bond donors (Lipinski definition) is 0. The highest BCUT2D eigenvalue weighted by Crippen LogP contribution is 2.42. The second-order valence-corrected chi connectivity index (χ2v) is 12.1.